The monoisotopic (exact) mass is 414 g/mol. The highest BCUT2D eigenvalue weighted by Crippen LogP contribution is 2.23. The average Bonchev–Trinajstić information content (AvgIpc) is 2.63. The van der Waals surface area contributed by atoms with Crippen LogP contribution >= 0.6 is 15.9 Å². The first-order chi connectivity index (χ1) is 12.6. The molecular formula is C20H16BrFN2O2. The number of halogens is 2. The van der Waals surface area contributed by atoms with Crippen LogP contribution in [0.2, 0.25) is 0 Å². The molecule has 0 spiro atoms. The third-order valence-corrected chi connectivity index (χ3v) is 4.14. The lowest BCUT2D eigenvalue weighted by Gasteiger charge is -2.11. The van der Waals surface area contributed by atoms with Gasteiger partial charge in [-0.2, -0.15) is 0 Å². The molecule has 0 aliphatic carbocycles. The molecule has 2 aromatic carbocycles. The van der Waals surface area contributed by atoms with Crippen LogP contribution < -0.4 is 10.1 Å². The van der Waals surface area contributed by atoms with E-state index in [1.54, 1.807) is 24.4 Å². The second kappa shape index (κ2) is 8.58. The quantitative estimate of drug-likeness (QED) is 0.639. The van der Waals surface area contributed by atoms with Crippen molar-refractivity contribution < 1.29 is 13.9 Å². The second-order valence-corrected chi connectivity index (χ2v) is 6.52. The molecule has 3 rings (SSSR count). The number of hydrogen-bond donors (Lipinski definition) is 1. The summed E-state index contributed by atoms with van der Waals surface area (Å²) in [7, 11) is 0. The van der Waals surface area contributed by atoms with E-state index in [1.165, 1.54) is 12.1 Å². The summed E-state index contributed by atoms with van der Waals surface area (Å²) in [6, 6.07) is 17.0. The summed E-state index contributed by atoms with van der Waals surface area (Å²) < 4.78 is 19.9. The minimum absolute atomic E-state index is 0.104. The van der Waals surface area contributed by atoms with Gasteiger partial charge in [-0.05, 0) is 35.9 Å². The van der Waals surface area contributed by atoms with Crippen LogP contribution in [0.15, 0.2) is 71.3 Å². The van der Waals surface area contributed by atoms with Crippen LogP contribution in [-0.4, -0.2) is 10.9 Å². The Kier molecular flexibility index (Phi) is 5.96. The molecule has 132 valence electrons. The van der Waals surface area contributed by atoms with Gasteiger partial charge in [0.2, 0.25) is 11.8 Å². The molecule has 1 amide bonds. The van der Waals surface area contributed by atoms with Gasteiger partial charge in [-0.1, -0.05) is 40.2 Å². The summed E-state index contributed by atoms with van der Waals surface area (Å²) in [4.78, 5) is 16.3. The van der Waals surface area contributed by atoms with E-state index >= 15 is 0 Å². The van der Waals surface area contributed by atoms with Crippen molar-refractivity contribution in [1.29, 1.82) is 0 Å². The number of aromatic nitrogens is 1. The second-order valence-electron chi connectivity index (χ2n) is 5.61. The maximum atomic E-state index is 13.3. The Bertz CT molecular complexity index is 900. The van der Waals surface area contributed by atoms with Crippen molar-refractivity contribution in [3.63, 3.8) is 0 Å². The zero-order chi connectivity index (χ0) is 18.4. The zero-order valence-electron chi connectivity index (χ0n) is 13.8. The Morgan fingerprint density at radius 2 is 1.92 bits per heavy atom. The molecule has 1 heterocycles. The summed E-state index contributed by atoms with van der Waals surface area (Å²) in [6.45, 7) is 0.272. The lowest BCUT2D eigenvalue weighted by Crippen LogP contribution is -2.24. The zero-order valence-corrected chi connectivity index (χ0v) is 15.4. The van der Waals surface area contributed by atoms with Crippen molar-refractivity contribution >= 4 is 21.8 Å². The molecule has 0 bridgehead atoms. The third-order valence-electron chi connectivity index (χ3n) is 3.61. The first-order valence-electron chi connectivity index (χ1n) is 7.98. The molecule has 6 heteroatoms. The predicted molar refractivity (Wildman–Crippen MR) is 100 cm³/mol. The third kappa shape index (κ3) is 5.13. The van der Waals surface area contributed by atoms with Gasteiger partial charge in [-0.15, -0.1) is 0 Å². The van der Waals surface area contributed by atoms with Gasteiger partial charge in [0.25, 0.3) is 0 Å². The molecule has 0 radical (unpaired) electrons. The number of pyridine rings is 1. The summed E-state index contributed by atoms with van der Waals surface area (Å²) >= 11 is 3.37. The fraction of sp³-hybridized carbons (Fsp3) is 0.100. The van der Waals surface area contributed by atoms with E-state index in [9.17, 15) is 9.18 Å². The van der Waals surface area contributed by atoms with Crippen LogP contribution in [0.1, 0.15) is 11.1 Å². The minimum Gasteiger partial charge on any atom is -0.439 e. The summed E-state index contributed by atoms with van der Waals surface area (Å²) in [6.07, 6.45) is 1.87. The number of rotatable bonds is 6. The molecule has 0 unspecified atom stereocenters. The Morgan fingerprint density at radius 3 is 2.69 bits per heavy atom. The average molecular weight is 415 g/mol. The highest BCUT2D eigenvalue weighted by molar-refractivity contribution is 9.10. The molecule has 26 heavy (non-hydrogen) atoms. The highest BCUT2D eigenvalue weighted by Gasteiger charge is 2.09. The topological polar surface area (TPSA) is 51.2 Å². The van der Waals surface area contributed by atoms with Gasteiger partial charge in [0, 0.05) is 28.8 Å². The fourth-order valence-electron chi connectivity index (χ4n) is 2.34. The van der Waals surface area contributed by atoms with E-state index in [1.807, 2.05) is 30.3 Å². The van der Waals surface area contributed by atoms with Crippen LogP contribution in [0.3, 0.4) is 0 Å². The van der Waals surface area contributed by atoms with E-state index in [-0.39, 0.29) is 24.7 Å². The van der Waals surface area contributed by atoms with Crippen molar-refractivity contribution in [3.05, 3.63) is 88.3 Å². The highest BCUT2D eigenvalue weighted by atomic mass is 79.9. The standard InChI is InChI=1S/C20H16BrFN2O2/c21-16-8-6-14(7-9-16)11-19(25)24-13-15-3-2-10-23-20(15)26-18-5-1-4-17(22)12-18/h1-10,12H,11,13H2,(H,24,25). The molecule has 3 aromatic rings. The number of nitrogens with one attached hydrogen (secondary N) is 1. The molecule has 0 fully saturated rings. The largest absolute Gasteiger partial charge is 0.439 e. The maximum absolute atomic E-state index is 13.3. The Labute approximate surface area is 159 Å². The van der Waals surface area contributed by atoms with Crippen molar-refractivity contribution in [1.82, 2.24) is 10.3 Å². The van der Waals surface area contributed by atoms with Crippen LogP contribution in [0, 0.1) is 5.82 Å². The number of benzene rings is 2. The number of carbonyl (C=O) groups is 1. The molecular weight excluding hydrogens is 399 g/mol. The molecule has 0 saturated heterocycles. The molecule has 0 aliphatic heterocycles. The number of carbonyl (C=O) groups excluding carboxylic acids is 1. The van der Waals surface area contributed by atoms with E-state index in [4.69, 9.17) is 4.74 Å². The van der Waals surface area contributed by atoms with Crippen LogP contribution in [0.5, 0.6) is 11.6 Å². The van der Waals surface area contributed by atoms with Crippen molar-refractivity contribution in [2.75, 3.05) is 0 Å². The molecule has 1 N–H and O–H groups in total. The van der Waals surface area contributed by atoms with Gasteiger partial charge in [0.1, 0.15) is 11.6 Å². The number of hydrogen-bond acceptors (Lipinski definition) is 3. The minimum atomic E-state index is -0.386. The van der Waals surface area contributed by atoms with Gasteiger partial charge < -0.3 is 10.1 Å². The maximum Gasteiger partial charge on any atom is 0.224 e. The van der Waals surface area contributed by atoms with Gasteiger partial charge in [-0.25, -0.2) is 9.37 Å². The van der Waals surface area contributed by atoms with Crippen molar-refractivity contribution in [3.8, 4) is 11.6 Å². The summed E-state index contributed by atoms with van der Waals surface area (Å²) in [5.41, 5.74) is 1.63. The van der Waals surface area contributed by atoms with Crippen molar-refractivity contribution in [2.24, 2.45) is 0 Å². The summed E-state index contributed by atoms with van der Waals surface area (Å²) in [5.74, 6) is 0.198. The van der Waals surface area contributed by atoms with Crippen LogP contribution in [0.4, 0.5) is 4.39 Å². The lowest BCUT2D eigenvalue weighted by molar-refractivity contribution is -0.120. The Hall–Kier alpha value is -2.73. The molecule has 0 saturated carbocycles. The Balaban J connectivity index is 1.62. The van der Waals surface area contributed by atoms with Crippen molar-refractivity contribution in [2.45, 2.75) is 13.0 Å². The van der Waals surface area contributed by atoms with E-state index in [0.717, 1.165) is 10.0 Å². The van der Waals surface area contributed by atoms with Gasteiger partial charge in [-0.3, -0.25) is 4.79 Å². The van der Waals surface area contributed by atoms with E-state index < -0.39 is 0 Å². The van der Waals surface area contributed by atoms with Crippen LogP contribution in [-0.2, 0) is 17.8 Å². The van der Waals surface area contributed by atoms with E-state index in [2.05, 4.69) is 26.2 Å². The van der Waals surface area contributed by atoms with Gasteiger partial charge >= 0.3 is 0 Å². The number of ether oxygens (including phenoxy) is 1. The molecule has 0 aliphatic rings. The molecule has 1 aromatic heterocycles. The Morgan fingerprint density at radius 1 is 1.12 bits per heavy atom. The van der Waals surface area contributed by atoms with Gasteiger partial charge in [0.05, 0.1) is 6.42 Å². The SMILES string of the molecule is O=C(Cc1ccc(Br)cc1)NCc1cccnc1Oc1cccc(F)c1. The first-order valence-corrected chi connectivity index (χ1v) is 8.78. The number of amides is 1. The molecule has 4 nitrogen and oxygen atoms in total. The summed E-state index contributed by atoms with van der Waals surface area (Å²) in [5, 5.41) is 2.85. The van der Waals surface area contributed by atoms with E-state index in [0.29, 0.717) is 17.2 Å². The molecule has 0 atom stereocenters. The predicted octanol–water partition coefficient (Wildman–Crippen LogP) is 4.63. The number of nitrogens with zero attached hydrogens (tertiary/aromatic N) is 1. The van der Waals surface area contributed by atoms with Gasteiger partial charge in [0.15, 0.2) is 0 Å². The fourth-order valence-corrected chi connectivity index (χ4v) is 2.60. The normalized spacial score (nSPS) is 10.4. The smallest absolute Gasteiger partial charge is 0.224 e. The first kappa shape index (κ1) is 18.1. The van der Waals surface area contributed by atoms with Crippen LogP contribution in [0.25, 0.3) is 0 Å². The lowest BCUT2D eigenvalue weighted by atomic mass is 10.1.